The summed E-state index contributed by atoms with van der Waals surface area (Å²) in [6, 6.07) is 0. The molecule has 1 aliphatic heterocycles. The highest BCUT2D eigenvalue weighted by atomic mass is 16.5. The minimum absolute atomic E-state index is 0.0765. The van der Waals surface area contributed by atoms with E-state index in [4.69, 9.17) is 9.47 Å². The van der Waals surface area contributed by atoms with E-state index >= 15 is 0 Å². The number of hydrogen-bond donors (Lipinski definition) is 0. The highest BCUT2D eigenvalue weighted by Crippen LogP contribution is 2.33. The van der Waals surface area contributed by atoms with E-state index in [0.717, 1.165) is 18.6 Å². The number of carbonyl (C=O) groups excluding carboxylic acids is 1. The van der Waals surface area contributed by atoms with E-state index in [1.54, 1.807) is 0 Å². The Kier molecular flexibility index (Phi) is 7.23. The van der Waals surface area contributed by atoms with E-state index in [1.807, 2.05) is 25.7 Å². The van der Waals surface area contributed by atoms with Gasteiger partial charge >= 0.3 is 0 Å². The molecule has 1 fully saturated rings. The largest absolute Gasteiger partial charge is 0.486 e. The van der Waals surface area contributed by atoms with Gasteiger partial charge in [0.1, 0.15) is 0 Å². The molecule has 0 aromatic heterocycles. The van der Waals surface area contributed by atoms with Crippen molar-refractivity contribution >= 4 is 5.91 Å². The molecule has 0 aromatic rings. The van der Waals surface area contributed by atoms with Gasteiger partial charge in [0.25, 0.3) is 5.91 Å². The molecule has 1 aliphatic carbocycles. The average Bonchev–Trinajstić information content (AvgIpc) is 2.48. The molecule has 4 nitrogen and oxygen atoms in total. The molecule has 1 amide bonds. The van der Waals surface area contributed by atoms with Crippen LogP contribution in [0.1, 0.15) is 53.9 Å². The summed E-state index contributed by atoms with van der Waals surface area (Å²) in [4.78, 5) is 14.1. The van der Waals surface area contributed by atoms with Gasteiger partial charge in [0, 0.05) is 19.5 Å². The second-order valence-corrected chi connectivity index (χ2v) is 6.15. The molecule has 1 saturated heterocycles. The fourth-order valence-corrected chi connectivity index (χ4v) is 2.71. The number of nitrogens with zero attached hydrogens (tertiary/aromatic N) is 1. The maximum Gasteiger partial charge on any atom is 0.263 e. The highest BCUT2D eigenvalue weighted by Gasteiger charge is 2.27. The van der Waals surface area contributed by atoms with Gasteiger partial charge in [0.05, 0.1) is 19.0 Å². The van der Waals surface area contributed by atoms with Gasteiger partial charge in [0.15, 0.2) is 6.10 Å². The summed E-state index contributed by atoms with van der Waals surface area (Å²) >= 11 is 0. The minimum atomic E-state index is -0.391. The summed E-state index contributed by atoms with van der Waals surface area (Å²) in [6.45, 7) is 12.9. The van der Waals surface area contributed by atoms with E-state index in [0.29, 0.717) is 26.3 Å². The standard InChI is InChI=1S/C15H25NO3.C2H6/c1-12(14(17)16-7-9-18-10-8-16)19-13-5-4-6-15(2,3)11-13;1-2/h11-12H,4-10H2,1-3H3;1-2H3. The summed E-state index contributed by atoms with van der Waals surface area (Å²) < 4.78 is 11.1. The van der Waals surface area contributed by atoms with Crippen LogP contribution in [0.25, 0.3) is 0 Å². The number of hydrogen-bond acceptors (Lipinski definition) is 3. The minimum Gasteiger partial charge on any atom is -0.486 e. The summed E-state index contributed by atoms with van der Waals surface area (Å²) in [7, 11) is 0. The topological polar surface area (TPSA) is 38.8 Å². The van der Waals surface area contributed by atoms with Crippen molar-refractivity contribution in [2.24, 2.45) is 5.41 Å². The third-order valence-corrected chi connectivity index (χ3v) is 3.79. The second kappa shape index (κ2) is 8.42. The first-order chi connectivity index (χ1) is 9.98. The molecular formula is C17H31NO3. The Hall–Kier alpha value is -1.03. The molecule has 1 heterocycles. The van der Waals surface area contributed by atoms with Gasteiger partial charge in [-0.2, -0.15) is 0 Å². The van der Waals surface area contributed by atoms with Gasteiger partial charge in [0.2, 0.25) is 0 Å². The molecule has 4 heteroatoms. The molecule has 0 spiro atoms. The number of amides is 1. The Morgan fingerprint density at radius 3 is 2.52 bits per heavy atom. The number of morpholine rings is 1. The molecule has 0 bridgehead atoms. The summed E-state index contributed by atoms with van der Waals surface area (Å²) in [5.74, 6) is 1.05. The first-order valence-electron chi connectivity index (χ1n) is 8.23. The Bertz CT molecular complexity index is 357. The summed E-state index contributed by atoms with van der Waals surface area (Å²) in [5, 5.41) is 0. The molecule has 0 radical (unpaired) electrons. The molecule has 0 saturated carbocycles. The zero-order valence-electron chi connectivity index (χ0n) is 14.3. The van der Waals surface area contributed by atoms with Gasteiger partial charge in [-0.1, -0.05) is 27.7 Å². The van der Waals surface area contributed by atoms with Crippen molar-refractivity contribution in [2.45, 2.75) is 60.0 Å². The predicted octanol–water partition coefficient (Wildman–Crippen LogP) is 3.37. The Balaban J connectivity index is 0.00000106. The van der Waals surface area contributed by atoms with Crippen molar-refractivity contribution in [2.75, 3.05) is 26.3 Å². The van der Waals surface area contributed by atoms with Crippen LogP contribution in [-0.4, -0.2) is 43.2 Å². The van der Waals surface area contributed by atoms with Gasteiger partial charge < -0.3 is 14.4 Å². The highest BCUT2D eigenvalue weighted by molar-refractivity contribution is 5.80. The molecule has 2 aliphatic rings. The van der Waals surface area contributed by atoms with Crippen LogP contribution in [0.2, 0.25) is 0 Å². The lowest BCUT2D eigenvalue weighted by molar-refractivity contribution is -0.144. The lowest BCUT2D eigenvalue weighted by Gasteiger charge is -2.32. The average molecular weight is 297 g/mol. The quantitative estimate of drug-likeness (QED) is 0.801. The molecule has 0 aromatic carbocycles. The normalized spacial score (nSPS) is 22.5. The SMILES string of the molecule is CC.CC(OC1=CC(C)(C)CCC1)C(=O)N1CCOCC1. The summed E-state index contributed by atoms with van der Waals surface area (Å²) in [5.41, 5.74) is 0.190. The smallest absolute Gasteiger partial charge is 0.263 e. The van der Waals surface area contributed by atoms with E-state index < -0.39 is 6.10 Å². The van der Waals surface area contributed by atoms with E-state index in [1.165, 1.54) is 6.42 Å². The maximum atomic E-state index is 12.3. The lowest BCUT2D eigenvalue weighted by atomic mass is 9.82. The molecule has 1 atom stereocenters. The Morgan fingerprint density at radius 1 is 1.33 bits per heavy atom. The van der Waals surface area contributed by atoms with Crippen LogP contribution >= 0.6 is 0 Å². The lowest BCUT2D eigenvalue weighted by Crippen LogP contribution is -2.45. The fourth-order valence-electron chi connectivity index (χ4n) is 2.71. The second-order valence-electron chi connectivity index (χ2n) is 6.15. The van der Waals surface area contributed by atoms with Crippen LogP contribution in [0.4, 0.5) is 0 Å². The van der Waals surface area contributed by atoms with Crippen molar-refractivity contribution in [3.05, 3.63) is 11.8 Å². The zero-order valence-corrected chi connectivity index (χ0v) is 14.3. The van der Waals surface area contributed by atoms with Crippen LogP contribution in [0.15, 0.2) is 11.8 Å². The predicted molar refractivity (Wildman–Crippen MR) is 85.0 cm³/mol. The molecule has 0 N–H and O–H groups in total. The van der Waals surface area contributed by atoms with Gasteiger partial charge in [-0.05, 0) is 31.3 Å². The first-order valence-corrected chi connectivity index (χ1v) is 8.23. The number of ether oxygens (including phenoxy) is 2. The monoisotopic (exact) mass is 297 g/mol. The van der Waals surface area contributed by atoms with Crippen LogP contribution in [0.3, 0.4) is 0 Å². The van der Waals surface area contributed by atoms with Crippen molar-refractivity contribution < 1.29 is 14.3 Å². The van der Waals surface area contributed by atoms with E-state index in [9.17, 15) is 4.79 Å². The maximum absolute atomic E-state index is 12.3. The third-order valence-electron chi connectivity index (χ3n) is 3.79. The van der Waals surface area contributed by atoms with Crippen molar-refractivity contribution in [1.82, 2.24) is 4.90 Å². The Morgan fingerprint density at radius 2 is 1.95 bits per heavy atom. The number of rotatable bonds is 3. The summed E-state index contributed by atoms with van der Waals surface area (Å²) in [6.07, 6.45) is 5.06. The van der Waals surface area contributed by atoms with Crippen molar-refractivity contribution in [3.63, 3.8) is 0 Å². The number of carbonyl (C=O) groups is 1. The molecule has 2 rings (SSSR count). The third kappa shape index (κ3) is 5.70. The Labute approximate surface area is 129 Å². The van der Waals surface area contributed by atoms with Crippen LogP contribution in [0, 0.1) is 5.41 Å². The number of allylic oxidation sites excluding steroid dienone is 2. The van der Waals surface area contributed by atoms with E-state index in [-0.39, 0.29) is 11.3 Å². The molecule has 1 unspecified atom stereocenters. The fraction of sp³-hybridized carbons (Fsp3) is 0.824. The zero-order chi connectivity index (χ0) is 15.9. The van der Waals surface area contributed by atoms with Crippen molar-refractivity contribution in [1.29, 1.82) is 0 Å². The van der Waals surface area contributed by atoms with Crippen LogP contribution in [-0.2, 0) is 14.3 Å². The van der Waals surface area contributed by atoms with Gasteiger partial charge in [-0.15, -0.1) is 0 Å². The van der Waals surface area contributed by atoms with Crippen LogP contribution in [0.5, 0.6) is 0 Å². The van der Waals surface area contributed by atoms with Gasteiger partial charge in [-0.3, -0.25) is 4.79 Å². The van der Waals surface area contributed by atoms with E-state index in [2.05, 4.69) is 19.9 Å². The molecular weight excluding hydrogens is 266 g/mol. The van der Waals surface area contributed by atoms with Crippen molar-refractivity contribution in [3.8, 4) is 0 Å². The first kappa shape index (κ1) is 18.0. The molecule has 21 heavy (non-hydrogen) atoms. The van der Waals surface area contributed by atoms with Crippen LogP contribution < -0.4 is 0 Å². The molecule has 122 valence electrons. The van der Waals surface area contributed by atoms with Gasteiger partial charge in [-0.25, -0.2) is 0 Å².